The van der Waals surface area contributed by atoms with Gasteiger partial charge in [-0.05, 0) is 37.3 Å². The molecule has 0 fully saturated rings. The number of aryl methyl sites for hydroxylation is 1. The molecule has 1 aromatic carbocycles. The summed E-state index contributed by atoms with van der Waals surface area (Å²) in [6, 6.07) is 12.1. The van der Waals surface area contributed by atoms with Crippen LogP contribution in [-0.2, 0) is 6.54 Å². The van der Waals surface area contributed by atoms with Gasteiger partial charge in [0.1, 0.15) is 5.82 Å². The van der Waals surface area contributed by atoms with Gasteiger partial charge in [0.05, 0.1) is 16.8 Å². The van der Waals surface area contributed by atoms with Gasteiger partial charge in [0, 0.05) is 18.5 Å². The minimum absolute atomic E-state index is 0.567. The fourth-order valence-electron chi connectivity index (χ4n) is 3.26. The standard InChI is InChI=1S/C17H14N6S/c1-10-12-9-13-14(20-17(24)22-8-7-18-15(13)22)19-16(12)23(21-10)11-5-3-2-4-6-11/h2-6,9,18H,7-8H2,1H3. The molecule has 0 spiro atoms. The summed E-state index contributed by atoms with van der Waals surface area (Å²) in [6.45, 7) is 3.72. The van der Waals surface area contributed by atoms with Crippen molar-refractivity contribution in [2.45, 2.75) is 13.5 Å². The first-order valence-corrected chi connectivity index (χ1v) is 8.23. The number of nitrogens with zero attached hydrogens (tertiary/aromatic N) is 5. The molecule has 6 nitrogen and oxygen atoms in total. The highest BCUT2D eigenvalue weighted by molar-refractivity contribution is 7.71. The van der Waals surface area contributed by atoms with E-state index in [1.54, 1.807) is 0 Å². The van der Waals surface area contributed by atoms with Gasteiger partial charge in [-0.2, -0.15) is 10.1 Å². The molecule has 0 atom stereocenters. The maximum absolute atomic E-state index is 5.41. The van der Waals surface area contributed by atoms with E-state index >= 15 is 0 Å². The molecule has 0 bridgehead atoms. The number of benzene rings is 1. The molecular weight excluding hydrogens is 320 g/mol. The molecule has 1 aliphatic rings. The van der Waals surface area contributed by atoms with E-state index in [4.69, 9.17) is 17.2 Å². The van der Waals surface area contributed by atoms with Crippen LogP contribution in [0.4, 0.5) is 5.82 Å². The number of fused-ring (bicyclic) bond motifs is 4. The topological polar surface area (TPSA) is 60.6 Å². The van der Waals surface area contributed by atoms with Crippen molar-refractivity contribution in [1.82, 2.24) is 24.3 Å². The van der Waals surface area contributed by atoms with Crippen LogP contribution < -0.4 is 5.32 Å². The zero-order valence-electron chi connectivity index (χ0n) is 13.0. The second kappa shape index (κ2) is 4.85. The van der Waals surface area contributed by atoms with Gasteiger partial charge in [-0.25, -0.2) is 9.67 Å². The van der Waals surface area contributed by atoms with Gasteiger partial charge in [-0.1, -0.05) is 18.2 Å². The van der Waals surface area contributed by atoms with Gasteiger partial charge in [-0.15, -0.1) is 0 Å². The van der Waals surface area contributed by atoms with Crippen molar-refractivity contribution < 1.29 is 0 Å². The van der Waals surface area contributed by atoms with E-state index in [-0.39, 0.29) is 0 Å². The summed E-state index contributed by atoms with van der Waals surface area (Å²) in [5, 5.41) is 10.1. The lowest BCUT2D eigenvalue weighted by molar-refractivity contribution is 0.772. The monoisotopic (exact) mass is 334 g/mol. The third-order valence-electron chi connectivity index (χ3n) is 4.41. The SMILES string of the molecule is Cc1nn(-c2ccccc2)c2nc3nc(=S)n4c(c3cc12)NCC4. The average Bonchev–Trinajstić information content (AvgIpc) is 3.20. The van der Waals surface area contributed by atoms with E-state index in [0.717, 1.165) is 46.7 Å². The number of nitrogens with one attached hydrogen (secondary N) is 1. The summed E-state index contributed by atoms with van der Waals surface area (Å²) in [6.07, 6.45) is 0. The fraction of sp³-hybridized carbons (Fsp3) is 0.176. The maximum Gasteiger partial charge on any atom is 0.203 e. The molecule has 0 saturated carbocycles. The molecular formula is C17H14N6S. The molecule has 0 radical (unpaired) electrons. The minimum atomic E-state index is 0.567. The molecule has 7 heteroatoms. The first-order chi connectivity index (χ1) is 11.7. The number of aromatic nitrogens is 5. The summed E-state index contributed by atoms with van der Waals surface area (Å²) in [5.74, 6) is 1.01. The Morgan fingerprint density at radius 2 is 1.96 bits per heavy atom. The largest absolute Gasteiger partial charge is 0.369 e. The Balaban J connectivity index is 1.89. The Bertz CT molecular complexity index is 1160. The lowest BCUT2D eigenvalue weighted by atomic mass is 10.2. The van der Waals surface area contributed by atoms with E-state index in [9.17, 15) is 0 Å². The van der Waals surface area contributed by atoms with Gasteiger partial charge in [0.2, 0.25) is 4.77 Å². The van der Waals surface area contributed by atoms with Crippen molar-refractivity contribution in [2.75, 3.05) is 11.9 Å². The van der Waals surface area contributed by atoms with Gasteiger partial charge in [0.25, 0.3) is 0 Å². The van der Waals surface area contributed by atoms with Gasteiger partial charge < -0.3 is 9.88 Å². The predicted molar refractivity (Wildman–Crippen MR) is 96.2 cm³/mol. The average molecular weight is 334 g/mol. The van der Waals surface area contributed by atoms with Crippen molar-refractivity contribution in [3.05, 3.63) is 46.9 Å². The van der Waals surface area contributed by atoms with E-state index in [0.29, 0.717) is 10.4 Å². The molecule has 3 aromatic heterocycles. The molecule has 0 unspecified atom stereocenters. The number of hydrogen-bond donors (Lipinski definition) is 1. The normalized spacial score (nSPS) is 13.4. The van der Waals surface area contributed by atoms with Crippen molar-refractivity contribution >= 4 is 40.1 Å². The maximum atomic E-state index is 5.41. The van der Waals surface area contributed by atoms with Crippen LogP contribution in [0, 0.1) is 11.7 Å². The van der Waals surface area contributed by atoms with E-state index < -0.39 is 0 Å². The molecule has 1 aliphatic heterocycles. The fourth-order valence-corrected chi connectivity index (χ4v) is 3.53. The van der Waals surface area contributed by atoms with Crippen molar-refractivity contribution in [3.8, 4) is 5.69 Å². The van der Waals surface area contributed by atoms with Crippen molar-refractivity contribution in [1.29, 1.82) is 0 Å². The van der Waals surface area contributed by atoms with Crippen LogP contribution >= 0.6 is 12.2 Å². The van der Waals surface area contributed by atoms with Crippen molar-refractivity contribution in [2.24, 2.45) is 0 Å². The third-order valence-corrected chi connectivity index (χ3v) is 4.72. The van der Waals surface area contributed by atoms with Crippen molar-refractivity contribution in [3.63, 3.8) is 0 Å². The van der Waals surface area contributed by atoms with Crippen LogP contribution in [0.15, 0.2) is 36.4 Å². The quantitative estimate of drug-likeness (QED) is 0.542. The predicted octanol–water partition coefficient (Wildman–Crippen LogP) is 3.23. The molecule has 4 heterocycles. The lowest BCUT2D eigenvalue weighted by Crippen LogP contribution is -2.02. The Kier molecular flexibility index (Phi) is 2.75. The molecule has 0 aliphatic carbocycles. The first kappa shape index (κ1) is 13.6. The second-order valence-corrected chi connectivity index (χ2v) is 6.25. The Labute approximate surface area is 142 Å². The van der Waals surface area contributed by atoms with E-state index in [1.807, 2.05) is 46.5 Å². The number of hydrogen-bond acceptors (Lipinski definition) is 5. The van der Waals surface area contributed by atoms with Crippen LogP contribution in [0.3, 0.4) is 0 Å². The lowest BCUT2D eigenvalue weighted by Gasteiger charge is -2.08. The highest BCUT2D eigenvalue weighted by Gasteiger charge is 2.18. The molecule has 4 aromatic rings. The summed E-state index contributed by atoms with van der Waals surface area (Å²) in [7, 11) is 0. The van der Waals surface area contributed by atoms with Gasteiger partial charge in [0.15, 0.2) is 11.3 Å². The second-order valence-electron chi connectivity index (χ2n) is 5.88. The highest BCUT2D eigenvalue weighted by atomic mass is 32.1. The van der Waals surface area contributed by atoms with E-state index in [1.165, 1.54) is 0 Å². The number of anilines is 1. The molecule has 118 valence electrons. The van der Waals surface area contributed by atoms with Gasteiger partial charge in [-0.3, -0.25) is 0 Å². The summed E-state index contributed by atoms with van der Waals surface area (Å²) in [4.78, 5) is 9.31. The Hall–Kier alpha value is -2.80. The molecule has 24 heavy (non-hydrogen) atoms. The molecule has 0 saturated heterocycles. The Morgan fingerprint density at radius 1 is 1.12 bits per heavy atom. The van der Waals surface area contributed by atoms with E-state index in [2.05, 4.69) is 21.5 Å². The smallest absolute Gasteiger partial charge is 0.203 e. The molecule has 0 amide bonds. The first-order valence-electron chi connectivity index (χ1n) is 7.82. The van der Waals surface area contributed by atoms with Crippen LogP contribution in [0.1, 0.15) is 5.69 Å². The zero-order valence-corrected chi connectivity index (χ0v) is 13.8. The summed E-state index contributed by atoms with van der Waals surface area (Å²) >= 11 is 5.41. The van der Waals surface area contributed by atoms with Crippen LogP contribution in [0.2, 0.25) is 0 Å². The summed E-state index contributed by atoms with van der Waals surface area (Å²) in [5.41, 5.74) is 3.39. The summed E-state index contributed by atoms with van der Waals surface area (Å²) < 4.78 is 4.46. The zero-order chi connectivity index (χ0) is 16.3. The van der Waals surface area contributed by atoms with Crippen LogP contribution in [0.25, 0.3) is 27.8 Å². The minimum Gasteiger partial charge on any atom is -0.369 e. The number of pyridine rings is 1. The molecule has 5 rings (SSSR count). The highest BCUT2D eigenvalue weighted by Crippen LogP contribution is 2.29. The number of rotatable bonds is 1. The van der Waals surface area contributed by atoms with Crippen LogP contribution in [0.5, 0.6) is 0 Å². The Morgan fingerprint density at radius 3 is 2.79 bits per heavy atom. The number of para-hydroxylation sites is 1. The molecule has 1 N–H and O–H groups in total. The van der Waals surface area contributed by atoms with Crippen LogP contribution in [-0.4, -0.2) is 30.9 Å². The third kappa shape index (κ3) is 1.81. The van der Waals surface area contributed by atoms with Gasteiger partial charge >= 0.3 is 0 Å².